The van der Waals surface area contributed by atoms with E-state index in [1.54, 1.807) is 18.7 Å². The summed E-state index contributed by atoms with van der Waals surface area (Å²) in [5.41, 5.74) is 3.54. The second kappa shape index (κ2) is 5.59. The first-order valence-corrected chi connectivity index (χ1v) is 6.91. The Kier molecular flexibility index (Phi) is 4.10. The van der Waals surface area contributed by atoms with Gasteiger partial charge in [-0.05, 0) is 44.0 Å². The van der Waals surface area contributed by atoms with Crippen molar-refractivity contribution in [2.24, 2.45) is 0 Å². The van der Waals surface area contributed by atoms with Crippen molar-refractivity contribution in [3.8, 4) is 0 Å². The van der Waals surface area contributed by atoms with Gasteiger partial charge in [0.05, 0.1) is 6.10 Å². The molecule has 0 bridgehead atoms. The number of aryl methyl sites for hydroxylation is 2. The average molecular weight is 258 g/mol. The highest BCUT2D eigenvalue weighted by molar-refractivity contribution is 7.99. The van der Waals surface area contributed by atoms with Crippen molar-refractivity contribution in [1.82, 2.24) is 0 Å². The fourth-order valence-corrected chi connectivity index (χ4v) is 3.05. The highest BCUT2D eigenvalue weighted by Crippen LogP contribution is 2.35. The van der Waals surface area contributed by atoms with Gasteiger partial charge in [-0.25, -0.2) is 0 Å². The van der Waals surface area contributed by atoms with Gasteiger partial charge in [0, 0.05) is 9.79 Å². The Morgan fingerprint density at radius 2 is 1.72 bits per heavy atom. The minimum atomic E-state index is -0.431. The van der Waals surface area contributed by atoms with Crippen molar-refractivity contribution in [3.63, 3.8) is 0 Å². The normalized spacial score (nSPS) is 12.4. The van der Waals surface area contributed by atoms with Gasteiger partial charge in [0.1, 0.15) is 0 Å². The van der Waals surface area contributed by atoms with Crippen LogP contribution in [0.15, 0.2) is 52.3 Å². The summed E-state index contributed by atoms with van der Waals surface area (Å²) in [5.74, 6) is 0. The molecule has 0 saturated carbocycles. The third-order valence-corrected chi connectivity index (χ3v) is 4.19. The van der Waals surface area contributed by atoms with Crippen LogP contribution in [0.1, 0.15) is 29.7 Å². The first-order chi connectivity index (χ1) is 8.58. The molecule has 0 amide bonds. The van der Waals surface area contributed by atoms with Crippen LogP contribution in [0, 0.1) is 13.8 Å². The maximum atomic E-state index is 9.78. The Balaban J connectivity index is 2.34. The molecule has 94 valence electrons. The summed E-state index contributed by atoms with van der Waals surface area (Å²) in [7, 11) is 0. The van der Waals surface area contributed by atoms with E-state index < -0.39 is 6.10 Å². The van der Waals surface area contributed by atoms with E-state index in [0.717, 1.165) is 10.5 Å². The lowest BCUT2D eigenvalue weighted by atomic mass is 10.1. The van der Waals surface area contributed by atoms with Crippen LogP contribution in [0.3, 0.4) is 0 Å². The first kappa shape index (κ1) is 13.2. The van der Waals surface area contributed by atoms with Crippen LogP contribution in [-0.2, 0) is 0 Å². The van der Waals surface area contributed by atoms with Gasteiger partial charge < -0.3 is 5.11 Å². The third kappa shape index (κ3) is 2.95. The van der Waals surface area contributed by atoms with E-state index in [9.17, 15) is 5.11 Å². The monoisotopic (exact) mass is 258 g/mol. The number of hydrogen-bond acceptors (Lipinski definition) is 2. The molecule has 0 fully saturated rings. The highest BCUT2D eigenvalue weighted by atomic mass is 32.2. The maximum absolute atomic E-state index is 9.78. The fourth-order valence-electron chi connectivity index (χ4n) is 1.95. The van der Waals surface area contributed by atoms with E-state index in [4.69, 9.17) is 0 Å². The SMILES string of the molecule is Cc1ccc(Sc2ccccc2[C@@H](C)O)c(C)c1. The lowest BCUT2D eigenvalue weighted by Crippen LogP contribution is -1.93. The van der Waals surface area contributed by atoms with Gasteiger partial charge in [-0.1, -0.05) is 47.7 Å². The van der Waals surface area contributed by atoms with E-state index in [-0.39, 0.29) is 0 Å². The second-order valence-electron chi connectivity index (χ2n) is 4.58. The Labute approximate surface area is 113 Å². The number of benzene rings is 2. The van der Waals surface area contributed by atoms with Crippen LogP contribution in [-0.4, -0.2) is 5.11 Å². The van der Waals surface area contributed by atoms with Gasteiger partial charge in [0.15, 0.2) is 0 Å². The van der Waals surface area contributed by atoms with Gasteiger partial charge in [-0.15, -0.1) is 0 Å². The molecule has 0 aliphatic rings. The van der Waals surface area contributed by atoms with Crippen molar-refractivity contribution in [2.45, 2.75) is 36.7 Å². The van der Waals surface area contributed by atoms with Crippen molar-refractivity contribution < 1.29 is 5.11 Å². The summed E-state index contributed by atoms with van der Waals surface area (Å²) in [6.07, 6.45) is -0.431. The zero-order valence-electron chi connectivity index (χ0n) is 11.0. The molecular weight excluding hydrogens is 240 g/mol. The number of hydrogen-bond donors (Lipinski definition) is 1. The zero-order chi connectivity index (χ0) is 13.1. The number of aliphatic hydroxyl groups excluding tert-OH is 1. The molecule has 0 heterocycles. The molecule has 2 aromatic carbocycles. The van der Waals surface area contributed by atoms with Crippen molar-refractivity contribution in [2.75, 3.05) is 0 Å². The minimum Gasteiger partial charge on any atom is -0.389 e. The molecule has 0 radical (unpaired) electrons. The number of rotatable bonds is 3. The first-order valence-electron chi connectivity index (χ1n) is 6.10. The molecule has 0 aliphatic heterocycles. The molecule has 18 heavy (non-hydrogen) atoms. The second-order valence-corrected chi connectivity index (χ2v) is 5.67. The molecule has 2 rings (SSSR count). The van der Waals surface area contributed by atoms with E-state index in [2.05, 4.69) is 38.1 Å². The van der Waals surface area contributed by atoms with Gasteiger partial charge in [-0.3, -0.25) is 0 Å². The van der Waals surface area contributed by atoms with Gasteiger partial charge in [0.25, 0.3) is 0 Å². The standard InChI is InChI=1S/C16H18OS/c1-11-8-9-15(12(2)10-11)18-16-7-5-4-6-14(16)13(3)17/h4-10,13,17H,1-3H3/t13-/m1/s1. The van der Waals surface area contributed by atoms with Crippen LogP contribution in [0.5, 0.6) is 0 Å². The average Bonchev–Trinajstić information content (AvgIpc) is 2.33. The summed E-state index contributed by atoms with van der Waals surface area (Å²) in [6.45, 7) is 6.03. The van der Waals surface area contributed by atoms with Crippen LogP contribution in [0.4, 0.5) is 0 Å². The zero-order valence-corrected chi connectivity index (χ0v) is 11.8. The summed E-state index contributed by atoms with van der Waals surface area (Å²) in [6, 6.07) is 14.5. The van der Waals surface area contributed by atoms with Crippen LogP contribution in [0.2, 0.25) is 0 Å². The minimum absolute atomic E-state index is 0.431. The van der Waals surface area contributed by atoms with Crippen molar-refractivity contribution in [1.29, 1.82) is 0 Å². The summed E-state index contributed by atoms with van der Waals surface area (Å²) < 4.78 is 0. The van der Waals surface area contributed by atoms with Crippen molar-refractivity contribution in [3.05, 3.63) is 59.2 Å². The van der Waals surface area contributed by atoms with Crippen LogP contribution < -0.4 is 0 Å². The summed E-state index contributed by atoms with van der Waals surface area (Å²) in [4.78, 5) is 2.37. The van der Waals surface area contributed by atoms with E-state index in [0.29, 0.717) is 0 Å². The molecule has 1 atom stereocenters. The van der Waals surface area contributed by atoms with Gasteiger partial charge in [0.2, 0.25) is 0 Å². The van der Waals surface area contributed by atoms with Crippen LogP contribution >= 0.6 is 11.8 Å². The Hall–Kier alpha value is -1.25. The molecule has 0 spiro atoms. The lowest BCUT2D eigenvalue weighted by molar-refractivity contribution is 0.196. The fraction of sp³-hybridized carbons (Fsp3) is 0.250. The van der Waals surface area contributed by atoms with E-state index >= 15 is 0 Å². The highest BCUT2D eigenvalue weighted by Gasteiger charge is 2.09. The van der Waals surface area contributed by atoms with E-state index in [1.165, 1.54) is 16.0 Å². The molecule has 0 saturated heterocycles. The smallest absolute Gasteiger partial charge is 0.0772 e. The predicted octanol–water partition coefficient (Wildman–Crippen LogP) is 4.51. The molecule has 2 heteroatoms. The molecule has 1 nitrogen and oxygen atoms in total. The van der Waals surface area contributed by atoms with Gasteiger partial charge >= 0.3 is 0 Å². The third-order valence-electron chi connectivity index (χ3n) is 2.92. The quantitative estimate of drug-likeness (QED) is 0.874. The lowest BCUT2D eigenvalue weighted by Gasteiger charge is -2.12. The molecular formula is C16H18OS. The predicted molar refractivity (Wildman–Crippen MR) is 77.1 cm³/mol. The molecule has 0 aliphatic carbocycles. The Morgan fingerprint density at radius 1 is 1.00 bits per heavy atom. The topological polar surface area (TPSA) is 20.2 Å². The summed E-state index contributed by atoms with van der Waals surface area (Å²) >= 11 is 1.72. The molecule has 0 aromatic heterocycles. The van der Waals surface area contributed by atoms with E-state index in [1.807, 2.05) is 18.2 Å². The Bertz CT molecular complexity index is 547. The summed E-state index contributed by atoms with van der Waals surface area (Å²) in [5, 5.41) is 9.78. The Morgan fingerprint density at radius 3 is 2.39 bits per heavy atom. The molecule has 0 unspecified atom stereocenters. The van der Waals surface area contributed by atoms with Gasteiger partial charge in [-0.2, -0.15) is 0 Å². The van der Waals surface area contributed by atoms with Crippen molar-refractivity contribution >= 4 is 11.8 Å². The molecule has 1 N–H and O–H groups in total. The largest absolute Gasteiger partial charge is 0.389 e. The maximum Gasteiger partial charge on any atom is 0.0772 e. The van der Waals surface area contributed by atoms with Crippen LogP contribution in [0.25, 0.3) is 0 Å². The molecule has 2 aromatic rings. The number of aliphatic hydroxyl groups is 1.